The van der Waals surface area contributed by atoms with E-state index in [9.17, 15) is 4.79 Å². The Kier molecular flexibility index (Phi) is 4.99. The lowest BCUT2D eigenvalue weighted by atomic mass is 10.1. The first-order valence-electron chi connectivity index (χ1n) is 6.13. The van der Waals surface area contributed by atoms with Gasteiger partial charge in [-0.05, 0) is 35.9 Å². The van der Waals surface area contributed by atoms with Gasteiger partial charge in [0.05, 0.1) is 15.6 Å². The SMILES string of the molecule is CN(Cc1ccc(Cl)c(Cl)c1)C(=O)c1cc(Cl)ccc1N. The topological polar surface area (TPSA) is 46.3 Å². The van der Waals surface area contributed by atoms with Crippen LogP contribution in [0.1, 0.15) is 15.9 Å². The Labute approximate surface area is 138 Å². The average Bonchev–Trinajstić information content (AvgIpc) is 2.44. The molecule has 0 aromatic heterocycles. The van der Waals surface area contributed by atoms with Crippen LogP contribution in [0.15, 0.2) is 36.4 Å². The molecule has 21 heavy (non-hydrogen) atoms. The highest BCUT2D eigenvalue weighted by molar-refractivity contribution is 6.42. The molecule has 0 aliphatic carbocycles. The Morgan fingerprint density at radius 3 is 2.48 bits per heavy atom. The molecule has 0 radical (unpaired) electrons. The summed E-state index contributed by atoms with van der Waals surface area (Å²) in [5, 5.41) is 1.40. The van der Waals surface area contributed by atoms with Crippen LogP contribution in [0, 0.1) is 0 Å². The third-order valence-electron chi connectivity index (χ3n) is 3.00. The molecule has 0 atom stereocenters. The minimum Gasteiger partial charge on any atom is -0.398 e. The summed E-state index contributed by atoms with van der Waals surface area (Å²) >= 11 is 17.7. The molecule has 1 amide bonds. The number of anilines is 1. The van der Waals surface area contributed by atoms with Crippen molar-refractivity contribution in [2.24, 2.45) is 0 Å². The molecular weight excluding hydrogens is 331 g/mol. The van der Waals surface area contributed by atoms with E-state index in [0.717, 1.165) is 5.56 Å². The van der Waals surface area contributed by atoms with E-state index in [0.29, 0.717) is 32.9 Å². The lowest BCUT2D eigenvalue weighted by Crippen LogP contribution is -2.27. The van der Waals surface area contributed by atoms with Gasteiger partial charge in [-0.25, -0.2) is 0 Å². The van der Waals surface area contributed by atoms with Crippen molar-refractivity contribution in [3.63, 3.8) is 0 Å². The number of carbonyl (C=O) groups excluding carboxylic acids is 1. The van der Waals surface area contributed by atoms with Gasteiger partial charge in [0, 0.05) is 24.3 Å². The predicted octanol–water partition coefficient (Wildman–Crippen LogP) is 4.50. The molecule has 0 spiro atoms. The van der Waals surface area contributed by atoms with Gasteiger partial charge in [-0.2, -0.15) is 0 Å². The summed E-state index contributed by atoms with van der Waals surface area (Å²) in [6.45, 7) is 0.391. The molecule has 0 saturated carbocycles. The fourth-order valence-corrected chi connectivity index (χ4v) is 2.40. The van der Waals surface area contributed by atoms with E-state index in [1.807, 2.05) is 6.07 Å². The van der Waals surface area contributed by atoms with Crippen LogP contribution >= 0.6 is 34.8 Å². The van der Waals surface area contributed by atoms with Crippen molar-refractivity contribution in [2.45, 2.75) is 6.54 Å². The lowest BCUT2D eigenvalue weighted by Gasteiger charge is -2.18. The van der Waals surface area contributed by atoms with Crippen LogP contribution < -0.4 is 5.73 Å². The molecule has 0 saturated heterocycles. The minimum absolute atomic E-state index is 0.207. The van der Waals surface area contributed by atoms with Crippen LogP contribution in [0.2, 0.25) is 15.1 Å². The van der Waals surface area contributed by atoms with Crippen molar-refractivity contribution in [3.8, 4) is 0 Å². The molecule has 0 bridgehead atoms. The summed E-state index contributed by atoms with van der Waals surface area (Å²) in [6, 6.07) is 10.1. The highest BCUT2D eigenvalue weighted by Gasteiger charge is 2.15. The van der Waals surface area contributed by atoms with Gasteiger partial charge in [-0.15, -0.1) is 0 Å². The van der Waals surface area contributed by atoms with Crippen molar-refractivity contribution in [2.75, 3.05) is 12.8 Å². The van der Waals surface area contributed by atoms with E-state index in [1.165, 1.54) is 0 Å². The number of halogens is 3. The molecule has 2 aromatic carbocycles. The Bertz CT molecular complexity index is 689. The third-order valence-corrected chi connectivity index (χ3v) is 3.97. The molecule has 0 aliphatic heterocycles. The lowest BCUT2D eigenvalue weighted by molar-refractivity contribution is 0.0786. The Hall–Kier alpha value is -1.42. The average molecular weight is 344 g/mol. The van der Waals surface area contributed by atoms with Crippen molar-refractivity contribution < 1.29 is 4.79 Å². The van der Waals surface area contributed by atoms with Gasteiger partial charge in [0.1, 0.15) is 0 Å². The van der Waals surface area contributed by atoms with Gasteiger partial charge in [-0.1, -0.05) is 40.9 Å². The van der Waals surface area contributed by atoms with E-state index in [1.54, 1.807) is 42.3 Å². The van der Waals surface area contributed by atoms with Crippen molar-refractivity contribution in [3.05, 3.63) is 62.6 Å². The Balaban J connectivity index is 2.19. The van der Waals surface area contributed by atoms with Gasteiger partial charge in [0.2, 0.25) is 0 Å². The number of nitrogens with two attached hydrogens (primary N) is 1. The first-order chi connectivity index (χ1) is 9.88. The molecule has 0 unspecified atom stereocenters. The van der Waals surface area contributed by atoms with Crippen LogP contribution in [0.25, 0.3) is 0 Å². The first kappa shape index (κ1) is 16.0. The highest BCUT2D eigenvalue weighted by atomic mass is 35.5. The van der Waals surface area contributed by atoms with Crippen molar-refractivity contribution in [1.29, 1.82) is 0 Å². The van der Waals surface area contributed by atoms with Gasteiger partial charge in [-0.3, -0.25) is 4.79 Å². The largest absolute Gasteiger partial charge is 0.398 e. The number of rotatable bonds is 3. The van der Waals surface area contributed by atoms with E-state index >= 15 is 0 Å². The predicted molar refractivity (Wildman–Crippen MR) is 88.1 cm³/mol. The third kappa shape index (κ3) is 3.82. The van der Waals surface area contributed by atoms with Gasteiger partial charge >= 0.3 is 0 Å². The number of hydrogen-bond donors (Lipinski definition) is 1. The number of amides is 1. The van der Waals surface area contributed by atoms with Gasteiger partial charge in [0.15, 0.2) is 0 Å². The second kappa shape index (κ2) is 6.56. The quantitative estimate of drug-likeness (QED) is 0.834. The zero-order valence-electron chi connectivity index (χ0n) is 11.2. The second-order valence-electron chi connectivity index (χ2n) is 4.64. The fourth-order valence-electron chi connectivity index (χ4n) is 1.90. The summed E-state index contributed by atoms with van der Waals surface area (Å²) in [7, 11) is 1.69. The molecule has 2 aromatic rings. The maximum Gasteiger partial charge on any atom is 0.256 e. The molecular formula is C15H13Cl3N2O. The van der Waals surface area contributed by atoms with E-state index in [4.69, 9.17) is 40.5 Å². The molecule has 110 valence electrons. The van der Waals surface area contributed by atoms with Crippen molar-refractivity contribution >= 4 is 46.4 Å². The maximum absolute atomic E-state index is 12.4. The fraction of sp³-hybridized carbons (Fsp3) is 0.133. The summed E-state index contributed by atoms with van der Waals surface area (Å²) in [4.78, 5) is 13.9. The monoisotopic (exact) mass is 342 g/mol. The number of nitrogen functional groups attached to an aromatic ring is 1. The summed E-state index contributed by atoms with van der Waals surface area (Å²) < 4.78 is 0. The summed E-state index contributed by atoms with van der Waals surface area (Å²) in [6.07, 6.45) is 0. The summed E-state index contributed by atoms with van der Waals surface area (Å²) in [5.41, 5.74) is 7.47. The van der Waals surface area contributed by atoms with Crippen LogP contribution in [-0.4, -0.2) is 17.9 Å². The normalized spacial score (nSPS) is 10.5. The number of benzene rings is 2. The number of carbonyl (C=O) groups is 1. The highest BCUT2D eigenvalue weighted by Crippen LogP contribution is 2.24. The number of hydrogen-bond acceptors (Lipinski definition) is 2. The molecule has 0 fully saturated rings. The van der Waals surface area contributed by atoms with E-state index < -0.39 is 0 Å². The second-order valence-corrected chi connectivity index (χ2v) is 5.89. The zero-order valence-corrected chi connectivity index (χ0v) is 13.5. The number of nitrogens with zero attached hydrogens (tertiary/aromatic N) is 1. The molecule has 6 heteroatoms. The van der Waals surface area contributed by atoms with Gasteiger partial charge < -0.3 is 10.6 Å². The van der Waals surface area contributed by atoms with Crippen LogP contribution in [0.4, 0.5) is 5.69 Å². The zero-order chi connectivity index (χ0) is 15.6. The van der Waals surface area contributed by atoms with Crippen LogP contribution in [-0.2, 0) is 6.54 Å². The Morgan fingerprint density at radius 1 is 1.10 bits per heavy atom. The molecule has 0 aliphatic rings. The standard InChI is InChI=1S/C15H13Cl3N2O/c1-20(8-9-2-4-12(17)13(18)6-9)15(21)11-7-10(16)3-5-14(11)19/h2-7H,8,19H2,1H3. The molecule has 2 N–H and O–H groups in total. The van der Waals surface area contributed by atoms with Crippen LogP contribution in [0.3, 0.4) is 0 Å². The summed E-state index contributed by atoms with van der Waals surface area (Å²) in [5.74, 6) is -0.207. The van der Waals surface area contributed by atoms with Crippen LogP contribution in [0.5, 0.6) is 0 Å². The first-order valence-corrected chi connectivity index (χ1v) is 7.26. The molecule has 2 rings (SSSR count). The van der Waals surface area contributed by atoms with Gasteiger partial charge in [0.25, 0.3) is 5.91 Å². The molecule has 3 nitrogen and oxygen atoms in total. The minimum atomic E-state index is -0.207. The smallest absolute Gasteiger partial charge is 0.256 e. The maximum atomic E-state index is 12.4. The molecule has 0 heterocycles. The van der Waals surface area contributed by atoms with Crippen molar-refractivity contribution in [1.82, 2.24) is 4.90 Å². The Morgan fingerprint density at radius 2 is 1.81 bits per heavy atom. The van der Waals surface area contributed by atoms with E-state index in [-0.39, 0.29) is 5.91 Å². The van der Waals surface area contributed by atoms with E-state index in [2.05, 4.69) is 0 Å².